The van der Waals surface area contributed by atoms with Crippen molar-refractivity contribution >= 4 is 27.1 Å². The molecule has 4 heteroatoms. The molecule has 2 aromatic rings. The Labute approximate surface area is 148 Å². The summed E-state index contributed by atoms with van der Waals surface area (Å²) in [6.45, 7) is 10.7. The zero-order valence-electron chi connectivity index (χ0n) is 14.7. The van der Waals surface area contributed by atoms with Gasteiger partial charge in [0.25, 0.3) is 0 Å². The fourth-order valence-corrected chi connectivity index (χ4v) is 4.45. The van der Waals surface area contributed by atoms with E-state index in [0.717, 1.165) is 40.7 Å². The monoisotopic (exact) mass is 344 g/mol. The molecule has 0 amide bonds. The lowest BCUT2D eigenvalue weighted by atomic mass is 10.1. The molecule has 3 nitrogen and oxygen atoms in total. The van der Waals surface area contributed by atoms with Crippen LogP contribution < -0.4 is 4.87 Å². The maximum absolute atomic E-state index is 12.3. The maximum atomic E-state index is 12.3. The van der Waals surface area contributed by atoms with Gasteiger partial charge >= 0.3 is 4.87 Å². The van der Waals surface area contributed by atoms with E-state index in [-0.39, 0.29) is 4.87 Å². The molecular formula is C20H28N2OS. The Morgan fingerprint density at radius 1 is 1.17 bits per heavy atom. The predicted octanol–water partition coefficient (Wildman–Crippen LogP) is 4.75. The molecule has 1 saturated heterocycles. The highest BCUT2D eigenvalue weighted by Crippen LogP contribution is 2.24. The number of piperidine rings is 1. The van der Waals surface area contributed by atoms with Gasteiger partial charge in [-0.1, -0.05) is 37.3 Å². The third kappa shape index (κ3) is 3.98. The van der Waals surface area contributed by atoms with Gasteiger partial charge in [0, 0.05) is 6.54 Å². The van der Waals surface area contributed by atoms with Crippen molar-refractivity contribution in [3.05, 3.63) is 40.0 Å². The number of benzene rings is 1. The third-order valence-electron chi connectivity index (χ3n) is 5.06. The van der Waals surface area contributed by atoms with E-state index >= 15 is 0 Å². The summed E-state index contributed by atoms with van der Waals surface area (Å²) in [5, 5.41) is 0. The van der Waals surface area contributed by atoms with Gasteiger partial charge in [0.1, 0.15) is 0 Å². The van der Waals surface area contributed by atoms with Gasteiger partial charge in [-0.2, -0.15) is 0 Å². The van der Waals surface area contributed by atoms with Crippen LogP contribution in [-0.2, 0) is 6.54 Å². The minimum absolute atomic E-state index is 0.169. The van der Waals surface area contributed by atoms with Gasteiger partial charge in [0.15, 0.2) is 0 Å². The van der Waals surface area contributed by atoms with E-state index in [4.69, 9.17) is 0 Å². The molecule has 0 saturated carbocycles. The number of fused-ring (bicyclic) bond motifs is 1. The van der Waals surface area contributed by atoms with E-state index in [0.29, 0.717) is 0 Å². The molecule has 0 atom stereocenters. The lowest BCUT2D eigenvalue weighted by Gasteiger charge is -2.26. The van der Waals surface area contributed by atoms with Crippen molar-refractivity contribution in [2.24, 2.45) is 0 Å². The molecular weight excluding hydrogens is 316 g/mol. The Hall–Kier alpha value is -1.39. The lowest BCUT2D eigenvalue weighted by molar-refractivity contribution is 0.223. The SMILES string of the molecule is C=C(CC)c1ccc2c(c1)sc(=O)n2CCCCN1CCCCC1. The molecule has 1 aromatic heterocycles. The fraction of sp³-hybridized carbons (Fsp3) is 0.550. The van der Waals surface area contributed by atoms with Crippen LogP contribution in [-0.4, -0.2) is 29.1 Å². The Morgan fingerprint density at radius 2 is 1.92 bits per heavy atom. The van der Waals surface area contributed by atoms with Crippen molar-refractivity contribution in [2.75, 3.05) is 19.6 Å². The summed E-state index contributed by atoms with van der Waals surface area (Å²) < 4.78 is 3.04. The predicted molar refractivity (Wildman–Crippen MR) is 105 cm³/mol. The molecule has 0 bridgehead atoms. The Kier molecular flexibility index (Phi) is 5.90. The summed E-state index contributed by atoms with van der Waals surface area (Å²) >= 11 is 1.36. The summed E-state index contributed by atoms with van der Waals surface area (Å²) in [6.07, 6.45) is 7.27. The summed E-state index contributed by atoms with van der Waals surface area (Å²) in [5.74, 6) is 0. The second-order valence-corrected chi connectivity index (χ2v) is 7.76. The van der Waals surface area contributed by atoms with Gasteiger partial charge in [-0.15, -0.1) is 0 Å². The molecule has 0 spiro atoms. The normalized spacial score (nSPS) is 15.9. The zero-order valence-corrected chi connectivity index (χ0v) is 15.5. The highest BCUT2D eigenvalue weighted by molar-refractivity contribution is 7.16. The van der Waals surface area contributed by atoms with Crippen LogP contribution in [0.15, 0.2) is 29.6 Å². The van der Waals surface area contributed by atoms with Crippen LogP contribution in [0.25, 0.3) is 15.8 Å². The molecule has 0 aliphatic carbocycles. The minimum Gasteiger partial charge on any atom is -0.303 e. The number of hydrogen-bond acceptors (Lipinski definition) is 3. The van der Waals surface area contributed by atoms with Crippen molar-refractivity contribution in [3.63, 3.8) is 0 Å². The molecule has 1 aliphatic heterocycles. The molecule has 2 heterocycles. The van der Waals surface area contributed by atoms with Gasteiger partial charge in [0.2, 0.25) is 0 Å². The third-order valence-corrected chi connectivity index (χ3v) is 6.00. The standard InChI is InChI=1S/C20H28N2OS/c1-3-16(2)17-9-10-18-19(15-17)24-20(23)22(18)14-8-7-13-21-11-5-4-6-12-21/h9-10,15H,2-8,11-14H2,1H3. The molecule has 130 valence electrons. The number of nitrogens with zero attached hydrogens (tertiary/aromatic N) is 2. The topological polar surface area (TPSA) is 25.2 Å². The average Bonchev–Trinajstić information content (AvgIpc) is 2.93. The van der Waals surface area contributed by atoms with Gasteiger partial charge < -0.3 is 4.90 Å². The van der Waals surface area contributed by atoms with Gasteiger partial charge in [-0.05, 0) is 75.0 Å². The highest BCUT2D eigenvalue weighted by Gasteiger charge is 2.11. The number of unbranched alkanes of at least 4 members (excludes halogenated alkanes) is 1. The van der Waals surface area contributed by atoms with Crippen molar-refractivity contribution in [3.8, 4) is 0 Å². The van der Waals surface area contributed by atoms with Crippen molar-refractivity contribution < 1.29 is 0 Å². The first-order valence-corrected chi connectivity index (χ1v) is 10.0. The molecule has 24 heavy (non-hydrogen) atoms. The van der Waals surface area contributed by atoms with E-state index in [9.17, 15) is 4.79 Å². The number of aromatic nitrogens is 1. The van der Waals surface area contributed by atoms with E-state index in [1.54, 1.807) is 0 Å². The van der Waals surface area contributed by atoms with Crippen LogP contribution in [0.4, 0.5) is 0 Å². The van der Waals surface area contributed by atoms with Crippen LogP contribution >= 0.6 is 11.3 Å². The van der Waals surface area contributed by atoms with Crippen LogP contribution in [0.5, 0.6) is 0 Å². The van der Waals surface area contributed by atoms with E-state index < -0.39 is 0 Å². The number of hydrogen-bond donors (Lipinski definition) is 0. The van der Waals surface area contributed by atoms with Crippen LogP contribution in [0, 0.1) is 0 Å². The summed E-state index contributed by atoms with van der Waals surface area (Å²) in [4.78, 5) is 15.1. The maximum Gasteiger partial charge on any atom is 0.308 e. The fourth-order valence-electron chi connectivity index (χ4n) is 3.49. The number of likely N-dealkylation sites (tertiary alicyclic amines) is 1. The second kappa shape index (κ2) is 8.13. The number of rotatable bonds is 7. The molecule has 1 fully saturated rings. The summed E-state index contributed by atoms with van der Waals surface area (Å²) in [5.41, 5.74) is 3.37. The highest BCUT2D eigenvalue weighted by atomic mass is 32.1. The summed E-state index contributed by atoms with van der Waals surface area (Å²) in [6, 6.07) is 6.32. The van der Waals surface area contributed by atoms with E-state index in [1.165, 1.54) is 56.7 Å². The largest absolute Gasteiger partial charge is 0.308 e. The first-order valence-electron chi connectivity index (χ1n) is 9.23. The summed E-state index contributed by atoms with van der Waals surface area (Å²) in [7, 11) is 0. The number of allylic oxidation sites excluding steroid dienone is 1. The van der Waals surface area contributed by atoms with Crippen molar-refractivity contribution in [2.45, 2.75) is 52.0 Å². The Morgan fingerprint density at radius 3 is 2.67 bits per heavy atom. The van der Waals surface area contributed by atoms with Crippen LogP contribution in [0.1, 0.15) is 51.0 Å². The first-order chi connectivity index (χ1) is 11.7. The second-order valence-electron chi connectivity index (χ2n) is 6.77. The van der Waals surface area contributed by atoms with Crippen molar-refractivity contribution in [1.29, 1.82) is 0 Å². The van der Waals surface area contributed by atoms with E-state index in [1.807, 2.05) is 4.57 Å². The Balaban J connectivity index is 1.62. The first kappa shape index (κ1) is 17.4. The van der Waals surface area contributed by atoms with Gasteiger partial charge in [0.05, 0.1) is 10.2 Å². The molecule has 0 unspecified atom stereocenters. The van der Waals surface area contributed by atoms with Crippen LogP contribution in [0.2, 0.25) is 0 Å². The lowest BCUT2D eigenvalue weighted by Crippen LogP contribution is -2.30. The molecule has 0 radical (unpaired) electrons. The van der Waals surface area contributed by atoms with Crippen molar-refractivity contribution in [1.82, 2.24) is 9.47 Å². The molecule has 1 aromatic carbocycles. The minimum atomic E-state index is 0.169. The average molecular weight is 345 g/mol. The number of aryl methyl sites for hydroxylation is 1. The van der Waals surface area contributed by atoms with Gasteiger partial charge in [-0.3, -0.25) is 9.36 Å². The Bertz CT molecular complexity index is 753. The zero-order chi connectivity index (χ0) is 16.9. The quantitative estimate of drug-likeness (QED) is 0.677. The number of thiazole rings is 1. The van der Waals surface area contributed by atoms with Crippen LogP contribution in [0.3, 0.4) is 0 Å². The molecule has 3 rings (SSSR count). The molecule has 0 N–H and O–H groups in total. The van der Waals surface area contributed by atoms with Gasteiger partial charge in [-0.25, -0.2) is 0 Å². The van der Waals surface area contributed by atoms with E-state index in [2.05, 4.69) is 36.6 Å². The molecule has 1 aliphatic rings. The smallest absolute Gasteiger partial charge is 0.303 e.